The first kappa shape index (κ1) is 18.3. The fourth-order valence-electron chi connectivity index (χ4n) is 2.85. The number of amides is 1. The van der Waals surface area contributed by atoms with Crippen LogP contribution in [-0.4, -0.2) is 68.1 Å². The highest BCUT2D eigenvalue weighted by Gasteiger charge is 2.33. The number of carbonyl (C=O) groups is 2. The minimum atomic E-state index is -0.284. The Bertz CT molecular complexity index is 535. The summed E-state index contributed by atoms with van der Waals surface area (Å²) in [6, 6.07) is 9.34. The number of hydrogen-bond acceptors (Lipinski definition) is 5. The first-order chi connectivity index (χ1) is 11.6. The van der Waals surface area contributed by atoms with Gasteiger partial charge in [0.1, 0.15) is 11.8 Å². The monoisotopic (exact) mass is 334 g/mol. The summed E-state index contributed by atoms with van der Waals surface area (Å²) in [5, 5.41) is 0. The topological polar surface area (TPSA) is 59.1 Å². The zero-order valence-electron chi connectivity index (χ0n) is 14.4. The quantitative estimate of drug-likeness (QED) is 0.533. The van der Waals surface area contributed by atoms with Crippen LogP contribution in [0.1, 0.15) is 19.3 Å². The summed E-state index contributed by atoms with van der Waals surface area (Å²) in [5.41, 5.74) is 0. The minimum Gasteiger partial charge on any atom is -0.494 e. The van der Waals surface area contributed by atoms with Crippen LogP contribution in [0.4, 0.5) is 0 Å². The molecule has 6 nitrogen and oxygen atoms in total. The van der Waals surface area contributed by atoms with Gasteiger partial charge in [-0.05, 0) is 37.9 Å². The Hall–Kier alpha value is -2.08. The Morgan fingerprint density at radius 1 is 1.29 bits per heavy atom. The average Bonchev–Trinajstić information content (AvgIpc) is 3.06. The van der Waals surface area contributed by atoms with Gasteiger partial charge in [-0.3, -0.25) is 14.5 Å². The maximum atomic E-state index is 12.3. The number of methoxy groups -OCH3 is 1. The van der Waals surface area contributed by atoms with Crippen molar-refractivity contribution in [2.45, 2.75) is 25.3 Å². The van der Waals surface area contributed by atoms with Gasteiger partial charge < -0.3 is 14.4 Å². The first-order valence-electron chi connectivity index (χ1n) is 8.35. The van der Waals surface area contributed by atoms with Crippen molar-refractivity contribution >= 4 is 11.9 Å². The molecule has 1 amide bonds. The Balaban J connectivity index is 1.69. The van der Waals surface area contributed by atoms with Gasteiger partial charge in [-0.25, -0.2) is 0 Å². The van der Waals surface area contributed by atoms with Gasteiger partial charge in [0.25, 0.3) is 0 Å². The molecule has 0 saturated carbocycles. The average molecular weight is 334 g/mol. The van der Waals surface area contributed by atoms with Gasteiger partial charge >= 0.3 is 5.97 Å². The van der Waals surface area contributed by atoms with Crippen molar-refractivity contribution in [2.75, 3.05) is 40.4 Å². The molecule has 1 saturated heterocycles. The Morgan fingerprint density at radius 2 is 2.04 bits per heavy atom. The summed E-state index contributed by atoms with van der Waals surface area (Å²) in [7, 11) is 3.17. The van der Waals surface area contributed by atoms with Crippen LogP contribution in [0.15, 0.2) is 30.3 Å². The number of likely N-dealkylation sites (N-methyl/N-ethyl adjacent to an activating group) is 1. The molecule has 1 aliphatic heterocycles. The second-order valence-electron chi connectivity index (χ2n) is 5.98. The molecule has 1 aliphatic rings. The lowest BCUT2D eigenvalue weighted by molar-refractivity contribution is -0.146. The van der Waals surface area contributed by atoms with Crippen LogP contribution in [0.2, 0.25) is 0 Å². The van der Waals surface area contributed by atoms with Crippen LogP contribution in [0.5, 0.6) is 5.75 Å². The van der Waals surface area contributed by atoms with E-state index in [0.717, 1.165) is 31.6 Å². The van der Waals surface area contributed by atoms with Gasteiger partial charge in [0.05, 0.1) is 20.3 Å². The number of benzene rings is 1. The molecule has 132 valence electrons. The molecule has 1 unspecified atom stereocenters. The van der Waals surface area contributed by atoms with Gasteiger partial charge in [0.15, 0.2) is 0 Å². The molecule has 24 heavy (non-hydrogen) atoms. The lowest BCUT2D eigenvalue weighted by atomic mass is 10.2. The SMILES string of the molecule is COC(=O)C1CCCN1CC(=O)N(C)CCCOc1ccccc1. The van der Waals surface area contributed by atoms with Gasteiger partial charge in [0, 0.05) is 13.6 Å². The highest BCUT2D eigenvalue weighted by molar-refractivity contribution is 5.80. The standard InChI is InChI=1S/C18H26N2O4/c1-19(11-7-13-24-15-8-4-3-5-9-15)17(21)14-20-12-6-10-16(20)18(22)23-2/h3-5,8-9,16H,6-7,10-14H2,1-2H3. The fraction of sp³-hybridized carbons (Fsp3) is 0.556. The van der Waals surface area contributed by atoms with Crippen LogP contribution in [0.25, 0.3) is 0 Å². The number of esters is 1. The molecule has 1 aromatic carbocycles. The van der Waals surface area contributed by atoms with Gasteiger partial charge in [-0.2, -0.15) is 0 Å². The van der Waals surface area contributed by atoms with Gasteiger partial charge in [-0.1, -0.05) is 18.2 Å². The minimum absolute atomic E-state index is 0.0190. The van der Waals surface area contributed by atoms with E-state index in [2.05, 4.69) is 0 Å². The van der Waals surface area contributed by atoms with Crippen molar-refractivity contribution in [3.8, 4) is 5.75 Å². The number of carbonyl (C=O) groups excluding carboxylic acids is 2. The third-order valence-electron chi connectivity index (χ3n) is 4.25. The maximum absolute atomic E-state index is 12.3. The number of nitrogens with zero attached hydrogens (tertiary/aromatic N) is 2. The molecule has 0 bridgehead atoms. The summed E-state index contributed by atoms with van der Waals surface area (Å²) in [5.74, 6) is 0.606. The molecule has 0 N–H and O–H groups in total. The molecule has 6 heteroatoms. The second kappa shape index (κ2) is 9.27. The van der Waals surface area contributed by atoms with E-state index in [1.54, 1.807) is 11.9 Å². The summed E-state index contributed by atoms with van der Waals surface area (Å²) in [6.07, 6.45) is 2.44. The van der Waals surface area contributed by atoms with E-state index in [-0.39, 0.29) is 24.5 Å². The molecule has 1 fully saturated rings. The molecular weight excluding hydrogens is 308 g/mol. The summed E-state index contributed by atoms with van der Waals surface area (Å²) < 4.78 is 10.4. The van der Waals surface area contributed by atoms with Crippen LogP contribution in [0, 0.1) is 0 Å². The van der Waals surface area contributed by atoms with Crippen LogP contribution < -0.4 is 4.74 Å². The molecule has 1 aromatic rings. The highest BCUT2D eigenvalue weighted by Crippen LogP contribution is 2.18. The van der Waals surface area contributed by atoms with Crippen molar-refractivity contribution in [3.63, 3.8) is 0 Å². The molecule has 0 spiro atoms. The van der Waals surface area contributed by atoms with Crippen molar-refractivity contribution < 1.29 is 19.1 Å². The summed E-state index contributed by atoms with van der Waals surface area (Å²) in [6.45, 7) is 2.21. The van der Waals surface area contributed by atoms with Crippen LogP contribution >= 0.6 is 0 Å². The number of rotatable bonds is 8. The van der Waals surface area contributed by atoms with Crippen LogP contribution in [0.3, 0.4) is 0 Å². The number of likely N-dealkylation sites (tertiary alicyclic amines) is 1. The van der Waals surface area contributed by atoms with E-state index in [9.17, 15) is 9.59 Å². The number of para-hydroxylation sites is 1. The Morgan fingerprint density at radius 3 is 2.75 bits per heavy atom. The van der Waals surface area contributed by atoms with Crippen molar-refractivity contribution in [3.05, 3.63) is 30.3 Å². The predicted molar refractivity (Wildman–Crippen MR) is 90.8 cm³/mol. The first-order valence-corrected chi connectivity index (χ1v) is 8.35. The second-order valence-corrected chi connectivity index (χ2v) is 5.98. The zero-order chi connectivity index (χ0) is 17.4. The molecule has 0 aliphatic carbocycles. The van der Waals surface area contributed by atoms with E-state index in [4.69, 9.17) is 9.47 Å². The zero-order valence-corrected chi connectivity index (χ0v) is 14.4. The fourth-order valence-corrected chi connectivity index (χ4v) is 2.85. The molecule has 1 heterocycles. The molecule has 2 rings (SSSR count). The summed E-state index contributed by atoms with van der Waals surface area (Å²) >= 11 is 0. The molecule has 0 aromatic heterocycles. The highest BCUT2D eigenvalue weighted by atomic mass is 16.5. The van der Waals surface area contributed by atoms with E-state index in [0.29, 0.717) is 13.2 Å². The number of hydrogen-bond donors (Lipinski definition) is 0. The predicted octanol–water partition coefficient (Wildman–Crippen LogP) is 1.55. The van der Waals surface area contributed by atoms with E-state index >= 15 is 0 Å². The normalized spacial score (nSPS) is 17.5. The molecule has 1 atom stereocenters. The Kier molecular flexibility index (Phi) is 7.06. The van der Waals surface area contributed by atoms with Crippen molar-refractivity contribution in [1.29, 1.82) is 0 Å². The third kappa shape index (κ3) is 5.23. The van der Waals surface area contributed by atoms with E-state index in [1.165, 1.54) is 7.11 Å². The van der Waals surface area contributed by atoms with Gasteiger partial charge in [-0.15, -0.1) is 0 Å². The lowest BCUT2D eigenvalue weighted by Gasteiger charge is -2.25. The van der Waals surface area contributed by atoms with E-state index in [1.807, 2.05) is 35.2 Å². The number of ether oxygens (including phenoxy) is 2. The Labute approximate surface area is 143 Å². The third-order valence-corrected chi connectivity index (χ3v) is 4.25. The van der Waals surface area contributed by atoms with E-state index < -0.39 is 0 Å². The van der Waals surface area contributed by atoms with Gasteiger partial charge in [0.2, 0.25) is 5.91 Å². The molecular formula is C18H26N2O4. The van der Waals surface area contributed by atoms with Crippen molar-refractivity contribution in [1.82, 2.24) is 9.80 Å². The maximum Gasteiger partial charge on any atom is 0.323 e. The largest absolute Gasteiger partial charge is 0.494 e. The van der Waals surface area contributed by atoms with Crippen LogP contribution in [-0.2, 0) is 14.3 Å². The lowest BCUT2D eigenvalue weighted by Crippen LogP contribution is -2.44. The molecule has 0 radical (unpaired) electrons. The van der Waals surface area contributed by atoms with Crippen molar-refractivity contribution in [2.24, 2.45) is 0 Å². The smallest absolute Gasteiger partial charge is 0.323 e. The summed E-state index contributed by atoms with van der Waals surface area (Å²) in [4.78, 5) is 27.6.